The van der Waals surface area contributed by atoms with Crippen molar-refractivity contribution in [2.45, 2.75) is 26.4 Å². The molecule has 0 saturated heterocycles. The Morgan fingerprint density at radius 2 is 1.88 bits per heavy atom. The van der Waals surface area contributed by atoms with Crippen LogP contribution in [0.1, 0.15) is 29.8 Å². The summed E-state index contributed by atoms with van der Waals surface area (Å²) in [5, 5.41) is 13.2. The largest absolute Gasteiger partial charge is 0.449 e. The molecule has 1 amide bonds. The molecule has 8 heteroatoms. The Morgan fingerprint density at radius 1 is 1.23 bits per heavy atom. The number of rotatable bonds is 6. The van der Waals surface area contributed by atoms with Gasteiger partial charge in [0.05, 0.1) is 21.2 Å². The van der Waals surface area contributed by atoms with Crippen molar-refractivity contribution in [2.75, 3.05) is 5.32 Å². The molecule has 0 fully saturated rings. The average Bonchev–Trinajstić information content (AvgIpc) is 2.63. The van der Waals surface area contributed by atoms with Crippen LogP contribution < -0.4 is 5.32 Å². The summed E-state index contributed by atoms with van der Waals surface area (Å²) in [5.74, 6) is -1.22. The molecule has 2 aromatic carbocycles. The minimum absolute atomic E-state index is 0.0150. The fourth-order valence-corrected chi connectivity index (χ4v) is 2.33. The lowest BCUT2D eigenvalue weighted by atomic mass is 10.1. The minimum atomic E-state index is -1.07. The molecular weight excluding hydrogens is 360 g/mol. The summed E-state index contributed by atoms with van der Waals surface area (Å²) in [4.78, 5) is 34.4. The van der Waals surface area contributed by atoms with Gasteiger partial charge >= 0.3 is 5.97 Å². The molecule has 0 saturated carbocycles. The van der Waals surface area contributed by atoms with Crippen LogP contribution in [-0.4, -0.2) is 22.9 Å². The molecule has 2 rings (SSSR count). The Kier molecular flexibility index (Phi) is 6.30. The van der Waals surface area contributed by atoms with E-state index in [4.69, 9.17) is 16.3 Å². The molecule has 7 nitrogen and oxygen atoms in total. The number of non-ortho nitro benzene ring substituents is 1. The third-order valence-electron chi connectivity index (χ3n) is 3.67. The minimum Gasteiger partial charge on any atom is -0.449 e. The van der Waals surface area contributed by atoms with E-state index in [0.29, 0.717) is 5.56 Å². The van der Waals surface area contributed by atoms with Crippen molar-refractivity contribution in [1.29, 1.82) is 0 Å². The standard InChI is InChI=1S/C18H17ClN2O5/c1-3-12-4-6-13(7-5-12)18(23)26-11(2)17(22)20-16-9-8-14(21(24)25)10-15(16)19/h4-11H,3H2,1-2H3,(H,20,22)/t11-/m1/s1. The summed E-state index contributed by atoms with van der Waals surface area (Å²) in [6.07, 6.45) is -0.218. The third kappa shape index (κ3) is 4.80. The number of amides is 1. The van der Waals surface area contributed by atoms with Gasteiger partial charge in [0, 0.05) is 12.1 Å². The quantitative estimate of drug-likeness (QED) is 0.466. The van der Waals surface area contributed by atoms with Crippen LogP contribution >= 0.6 is 11.6 Å². The number of nitro groups is 1. The highest BCUT2D eigenvalue weighted by Gasteiger charge is 2.20. The van der Waals surface area contributed by atoms with Crippen LogP contribution in [-0.2, 0) is 16.0 Å². The second-order valence-corrected chi connectivity index (χ2v) is 5.92. The van der Waals surface area contributed by atoms with E-state index in [1.54, 1.807) is 12.1 Å². The number of aryl methyl sites for hydroxylation is 1. The van der Waals surface area contributed by atoms with Gasteiger partial charge in [-0.3, -0.25) is 14.9 Å². The molecule has 0 bridgehead atoms. The molecular formula is C18H17ClN2O5. The number of carbonyl (C=O) groups is 2. The molecule has 0 aliphatic heterocycles. The Labute approximate surface area is 155 Å². The SMILES string of the molecule is CCc1ccc(C(=O)O[C@H](C)C(=O)Nc2ccc([N+](=O)[O-])cc2Cl)cc1. The molecule has 0 aliphatic carbocycles. The van der Waals surface area contributed by atoms with Crippen molar-refractivity contribution >= 4 is 34.9 Å². The zero-order valence-electron chi connectivity index (χ0n) is 14.2. The summed E-state index contributed by atoms with van der Waals surface area (Å²) in [6.45, 7) is 3.43. The van der Waals surface area contributed by atoms with Crippen molar-refractivity contribution in [1.82, 2.24) is 0 Å². The average molecular weight is 377 g/mol. The predicted octanol–water partition coefficient (Wildman–Crippen LogP) is 3.99. The molecule has 0 unspecified atom stereocenters. The van der Waals surface area contributed by atoms with Crippen LogP contribution in [0.2, 0.25) is 5.02 Å². The van der Waals surface area contributed by atoms with Crippen molar-refractivity contribution in [3.05, 3.63) is 68.7 Å². The maximum atomic E-state index is 12.2. The first-order chi connectivity index (χ1) is 12.3. The van der Waals surface area contributed by atoms with Gasteiger partial charge in [0.15, 0.2) is 6.10 Å². The molecule has 0 aromatic heterocycles. The molecule has 1 N–H and O–H groups in total. The lowest BCUT2D eigenvalue weighted by Gasteiger charge is -2.14. The fourth-order valence-electron chi connectivity index (χ4n) is 2.11. The second kappa shape index (κ2) is 8.44. The van der Waals surface area contributed by atoms with E-state index in [2.05, 4.69) is 5.32 Å². The Morgan fingerprint density at radius 3 is 2.42 bits per heavy atom. The number of anilines is 1. The highest BCUT2D eigenvalue weighted by molar-refractivity contribution is 6.34. The van der Waals surface area contributed by atoms with Crippen LogP contribution in [0.25, 0.3) is 0 Å². The number of nitro benzene ring substituents is 1. The lowest BCUT2D eigenvalue weighted by Crippen LogP contribution is -2.30. The number of hydrogen-bond donors (Lipinski definition) is 1. The van der Waals surface area contributed by atoms with Crippen molar-refractivity contribution in [3.63, 3.8) is 0 Å². The highest BCUT2D eigenvalue weighted by atomic mass is 35.5. The van der Waals surface area contributed by atoms with Crippen molar-refractivity contribution in [2.24, 2.45) is 0 Å². The normalized spacial score (nSPS) is 11.5. The fraction of sp³-hybridized carbons (Fsp3) is 0.222. The van der Waals surface area contributed by atoms with Gasteiger partial charge in [-0.05, 0) is 37.1 Å². The summed E-state index contributed by atoms with van der Waals surface area (Å²) >= 11 is 5.93. The monoisotopic (exact) mass is 376 g/mol. The summed E-state index contributed by atoms with van der Waals surface area (Å²) < 4.78 is 5.14. The molecule has 0 aliphatic rings. The molecule has 0 heterocycles. The first-order valence-corrected chi connectivity index (χ1v) is 8.24. The van der Waals surface area contributed by atoms with Crippen LogP contribution in [0, 0.1) is 10.1 Å². The number of nitrogens with zero attached hydrogens (tertiary/aromatic N) is 1. The topological polar surface area (TPSA) is 98.5 Å². The van der Waals surface area contributed by atoms with Gasteiger partial charge < -0.3 is 10.1 Å². The maximum absolute atomic E-state index is 12.2. The molecule has 2 aromatic rings. The van der Waals surface area contributed by atoms with E-state index in [0.717, 1.165) is 18.1 Å². The van der Waals surface area contributed by atoms with Crippen molar-refractivity contribution in [3.8, 4) is 0 Å². The Hall–Kier alpha value is -2.93. The summed E-state index contributed by atoms with van der Waals surface area (Å²) in [6, 6.07) is 10.6. The van der Waals surface area contributed by atoms with E-state index in [1.807, 2.05) is 19.1 Å². The Balaban J connectivity index is 2.00. The van der Waals surface area contributed by atoms with Crippen LogP contribution in [0.15, 0.2) is 42.5 Å². The van der Waals surface area contributed by atoms with Gasteiger partial charge in [-0.1, -0.05) is 30.7 Å². The van der Waals surface area contributed by atoms with Crippen LogP contribution in [0.4, 0.5) is 11.4 Å². The van der Waals surface area contributed by atoms with Crippen LogP contribution in [0.5, 0.6) is 0 Å². The first kappa shape index (κ1) is 19.4. The third-order valence-corrected chi connectivity index (χ3v) is 3.98. The zero-order chi connectivity index (χ0) is 19.3. The molecule has 136 valence electrons. The number of carbonyl (C=O) groups excluding carboxylic acids is 2. The summed E-state index contributed by atoms with van der Waals surface area (Å²) in [5.41, 5.74) is 1.43. The van der Waals surface area contributed by atoms with E-state index >= 15 is 0 Å². The van der Waals surface area contributed by atoms with Gasteiger partial charge in [-0.15, -0.1) is 0 Å². The lowest BCUT2D eigenvalue weighted by molar-refractivity contribution is -0.384. The smallest absolute Gasteiger partial charge is 0.338 e. The van der Waals surface area contributed by atoms with E-state index < -0.39 is 22.9 Å². The first-order valence-electron chi connectivity index (χ1n) is 7.86. The Bertz CT molecular complexity index is 836. The number of benzene rings is 2. The second-order valence-electron chi connectivity index (χ2n) is 5.51. The summed E-state index contributed by atoms with van der Waals surface area (Å²) in [7, 11) is 0. The zero-order valence-corrected chi connectivity index (χ0v) is 14.9. The maximum Gasteiger partial charge on any atom is 0.338 e. The predicted molar refractivity (Wildman–Crippen MR) is 97.4 cm³/mol. The number of hydrogen-bond acceptors (Lipinski definition) is 5. The number of ether oxygens (including phenoxy) is 1. The van der Waals surface area contributed by atoms with Crippen molar-refractivity contribution < 1.29 is 19.2 Å². The molecule has 26 heavy (non-hydrogen) atoms. The van der Waals surface area contributed by atoms with Gasteiger partial charge in [0.25, 0.3) is 11.6 Å². The molecule has 0 spiro atoms. The van der Waals surface area contributed by atoms with Gasteiger partial charge in [0.2, 0.25) is 0 Å². The van der Waals surface area contributed by atoms with Gasteiger partial charge in [-0.25, -0.2) is 4.79 Å². The number of halogens is 1. The van der Waals surface area contributed by atoms with Crippen LogP contribution in [0.3, 0.4) is 0 Å². The van der Waals surface area contributed by atoms with E-state index in [1.165, 1.54) is 19.1 Å². The molecule has 0 radical (unpaired) electrons. The van der Waals surface area contributed by atoms with Gasteiger partial charge in [-0.2, -0.15) is 0 Å². The highest BCUT2D eigenvalue weighted by Crippen LogP contribution is 2.26. The molecule has 1 atom stereocenters. The van der Waals surface area contributed by atoms with E-state index in [9.17, 15) is 19.7 Å². The van der Waals surface area contributed by atoms with E-state index in [-0.39, 0.29) is 16.4 Å². The number of nitrogens with one attached hydrogen (secondary N) is 1. The number of esters is 1. The van der Waals surface area contributed by atoms with Gasteiger partial charge in [0.1, 0.15) is 0 Å².